The quantitative estimate of drug-likeness (QED) is 0.678. The minimum absolute atomic E-state index is 0.139. The number of nitrogens with zero attached hydrogens (tertiary/aromatic N) is 1. The van der Waals surface area contributed by atoms with Crippen molar-refractivity contribution in [2.75, 3.05) is 6.61 Å². The Morgan fingerprint density at radius 1 is 1.17 bits per heavy atom. The number of nitroso groups, excluding NO2 is 1. The summed E-state index contributed by atoms with van der Waals surface area (Å²) in [6.45, 7) is 14.1. The summed E-state index contributed by atoms with van der Waals surface area (Å²) < 4.78 is 5.92. The largest absolute Gasteiger partial charge is 0.393 e. The molecule has 0 radical (unpaired) electrons. The maximum absolute atomic E-state index is 10.6. The lowest BCUT2D eigenvalue weighted by Gasteiger charge is -2.42. The Balaban J connectivity index is 4.42. The lowest BCUT2D eigenvalue weighted by Crippen LogP contribution is -2.44. The first kappa shape index (κ1) is 17.5. The monoisotopic (exact) mass is 259 g/mol. The van der Waals surface area contributed by atoms with Crippen molar-refractivity contribution in [2.45, 2.75) is 78.6 Å². The van der Waals surface area contributed by atoms with Crippen LogP contribution in [-0.2, 0) is 4.74 Å². The summed E-state index contributed by atoms with van der Waals surface area (Å²) in [6, 6.07) is 0. The normalized spacial score (nSPS) is 15.6. The number of aliphatic hydroxyl groups excluding tert-OH is 1. The molecule has 0 aliphatic carbocycles. The summed E-state index contributed by atoms with van der Waals surface area (Å²) in [5, 5.41) is 12.6. The van der Waals surface area contributed by atoms with Crippen molar-refractivity contribution in [2.24, 2.45) is 10.6 Å². The van der Waals surface area contributed by atoms with Crippen LogP contribution in [0.3, 0.4) is 0 Å². The number of ether oxygens (including phenoxy) is 1. The van der Waals surface area contributed by atoms with Crippen LogP contribution >= 0.6 is 0 Å². The Bertz CT molecular complexity index is 270. The molecule has 0 fully saturated rings. The minimum atomic E-state index is -0.579. The van der Waals surface area contributed by atoms with Crippen molar-refractivity contribution >= 4 is 0 Å². The fourth-order valence-corrected chi connectivity index (χ4v) is 1.78. The van der Waals surface area contributed by atoms with Gasteiger partial charge in [0.2, 0.25) is 0 Å². The molecule has 0 aromatic rings. The standard InChI is InChI=1S/C14H29NO3/c1-11(16)10-12(2,3)14(6,7)18-9-8-13(4,5)15-17/h11,16H,8-10H2,1-7H3. The predicted molar refractivity (Wildman–Crippen MR) is 74.6 cm³/mol. The number of rotatable bonds is 8. The molecule has 0 bridgehead atoms. The van der Waals surface area contributed by atoms with Crippen LogP contribution in [0.2, 0.25) is 0 Å². The molecule has 1 N–H and O–H groups in total. The average Bonchev–Trinajstić information content (AvgIpc) is 2.14. The van der Waals surface area contributed by atoms with Gasteiger partial charge in [-0.3, -0.25) is 0 Å². The number of aliphatic hydroxyl groups is 1. The number of hydrogen-bond acceptors (Lipinski definition) is 4. The first-order valence-corrected chi connectivity index (χ1v) is 6.60. The zero-order valence-corrected chi connectivity index (χ0v) is 12.9. The van der Waals surface area contributed by atoms with E-state index >= 15 is 0 Å². The molecule has 0 saturated carbocycles. The van der Waals surface area contributed by atoms with Gasteiger partial charge >= 0.3 is 0 Å². The summed E-state index contributed by atoms with van der Waals surface area (Å²) >= 11 is 0. The third-order valence-corrected chi connectivity index (χ3v) is 3.86. The van der Waals surface area contributed by atoms with E-state index in [1.807, 2.05) is 13.8 Å². The van der Waals surface area contributed by atoms with Crippen LogP contribution in [0.25, 0.3) is 0 Å². The van der Waals surface area contributed by atoms with Crippen LogP contribution in [-0.4, -0.2) is 29.0 Å². The first-order chi connectivity index (χ1) is 7.93. The molecular weight excluding hydrogens is 230 g/mol. The maximum atomic E-state index is 10.6. The van der Waals surface area contributed by atoms with Crippen LogP contribution in [0.4, 0.5) is 0 Å². The highest BCUT2D eigenvalue weighted by molar-refractivity contribution is 4.89. The molecule has 0 aromatic heterocycles. The van der Waals surface area contributed by atoms with E-state index in [2.05, 4.69) is 19.0 Å². The van der Waals surface area contributed by atoms with E-state index in [-0.39, 0.29) is 17.1 Å². The average molecular weight is 259 g/mol. The van der Waals surface area contributed by atoms with Crippen LogP contribution in [0.15, 0.2) is 5.18 Å². The van der Waals surface area contributed by atoms with Crippen molar-refractivity contribution in [3.63, 3.8) is 0 Å². The van der Waals surface area contributed by atoms with Crippen molar-refractivity contribution in [3.8, 4) is 0 Å². The van der Waals surface area contributed by atoms with E-state index in [9.17, 15) is 10.0 Å². The minimum Gasteiger partial charge on any atom is -0.393 e. The Hall–Kier alpha value is -0.480. The third kappa shape index (κ3) is 5.44. The van der Waals surface area contributed by atoms with E-state index in [1.54, 1.807) is 20.8 Å². The highest BCUT2D eigenvalue weighted by Gasteiger charge is 2.39. The molecule has 0 aliphatic rings. The molecule has 0 amide bonds. The van der Waals surface area contributed by atoms with Gasteiger partial charge in [0, 0.05) is 6.61 Å². The molecule has 1 unspecified atom stereocenters. The Kier molecular flexibility index (Phi) is 5.95. The molecule has 0 rings (SSSR count). The molecule has 0 aromatic carbocycles. The number of hydrogen-bond donors (Lipinski definition) is 1. The zero-order chi connectivity index (χ0) is 14.6. The highest BCUT2D eigenvalue weighted by Crippen LogP contribution is 2.38. The fraction of sp³-hybridized carbons (Fsp3) is 1.00. The van der Waals surface area contributed by atoms with Gasteiger partial charge in [-0.15, -0.1) is 0 Å². The van der Waals surface area contributed by atoms with Gasteiger partial charge in [-0.25, -0.2) is 0 Å². The van der Waals surface area contributed by atoms with Gasteiger partial charge in [-0.2, -0.15) is 4.91 Å². The molecule has 4 heteroatoms. The van der Waals surface area contributed by atoms with Crippen LogP contribution < -0.4 is 0 Å². The molecule has 0 heterocycles. The molecule has 108 valence electrons. The molecule has 1 atom stereocenters. The molecule has 0 spiro atoms. The summed E-state index contributed by atoms with van der Waals surface area (Å²) in [5.74, 6) is 0. The molecule has 0 aliphatic heterocycles. The van der Waals surface area contributed by atoms with E-state index in [0.29, 0.717) is 19.4 Å². The summed E-state index contributed by atoms with van der Waals surface area (Å²) in [6.07, 6.45) is 0.927. The summed E-state index contributed by atoms with van der Waals surface area (Å²) in [5.41, 5.74) is -1.08. The molecule has 18 heavy (non-hydrogen) atoms. The van der Waals surface area contributed by atoms with Crippen molar-refractivity contribution < 1.29 is 9.84 Å². The highest BCUT2D eigenvalue weighted by atomic mass is 16.5. The van der Waals surface area contributed by atoms with Crippen LogP contribution in [0.1, 0.15) is 61.3 Å². The van der Waals surface area contributed by atoms with E-state index in [1.165, 1.54) is 0 Å². The third-order valence-electron chi connectivity index (χ3n) is 3.86. The van der Waals surface area contributed by atoms with Crippen LogP contribution in [0.5, 0.6) is 0 Å². The van der Waals surface area contributed by atoms with Crippen LogP contribution in [0, 0.1) is 10.3 Å². The van der Waals surface area contributed by atoms with Gasteiger partial charge in [-0.1, -0.05) is 19.0 Å². The maximum Gasteiger partial charge on any atom is 0.0992 e. The van der Waals surface area contributed by atoms with Gasteiger partial charge in [0.05, 0.1) is 17.2 Å². The second-order valence-electron chi connectivity index (χ2n) is 6.95. The van der Waals surface area contributed by atoms with Gasteiger partial charge in [0.25, 0.3) is 0 Å². The van der Waals surface area contributed by atoms with Crippen molar-refractivity contribution in [1.82, 2.24) is 0 Å². The SMILES string of the molecule is CC(O)CC(C)(C)C(C)(C)OCCC(C)(C)N=O. The second-order valence-corrected chi connectivity index (χ2v) is 6.95. The first-order valence-electron chi connectivity index (χ1n) is 6.60. The summed E-state index contributed by atoms with van der Waals surface area (Å²) in [7, 11) is 0. The van der Waals surface area contributed by atoms with Gasteiger partial charge in [0.1, 0.15) is 0 Å². The zero-order valence-electron chi connectivity index (χ0n) is 12.9. The van der Waals surface area contributed by atoms with Crippen molar-refractivity contribution in [3.05, 3.63) is 4.91 Å². The fourth-order valence-electron chi connectivity index (χ4n) is 1.78. The lowest BCUT2D eigenvalue weighted by molar-refractivity contribution is -0.113. The smallest absolute Gasteiger partial charge is 0.0992 e. The molecule has 0 saturated heterocycles. The van der Waals surface area contributed by atoms with Gasteiger partial charge in [0.15, 0.2) is 0 Å². The Morgan fingerprint density at radius 2 is 1.67 bits per heavy atom. The molecular formula is C14H29NO3. The van der Waals surface area contributed by atoms with Gasteiger partial charge in [-0.05, 0) is 52.9 Å². The van der Waals surface area contributed by atoms with Crippen molar-refractivity contribution in [1.29, 1.82) is 0 Å². The Labute approximate surface area is 111 Å². The second kappa shape index (κ2) is 6.11. The van der Waals surface area contributed by atoms with E-state index < -0.39 is 5.54 Å². The predicted octanol–water partition coefficient (Wildman–Crippen LogP) is 3.51. The summed E-state index contributed by atoms with van der Waals surface area (Å²) in [4.78, 5) is 10.6. The van der Waals surface area contributed by atoms with E-state index in [4.69, 9.17) is 4.74 Å². The molecule has 4 nitrogen and oxygen atoms in total. The lowest BCUT2D eigenvalue weighted by atomic mass is 9.73. The van der Waals surface area contributed by atoms with Gasteiger partial charge < -0.3 is 9.84 Å². The van der Waals surface area contributed by atoms with E-state index in [0.717, 1.165) is 0 Å². The Morgan fingerprint density at radius 3 is 2.06 bits per heavy atom. The topological polar surface area (TPSA) is 58.9 Å².